The Morgan fingerprint density at radius 3 is 2.65 bits per heavy atom. The number of amides is 1. The quantitative estimate of drug-likeness (QED) is 0.654. The van der Waals surface area contributed by atoms with E-state index >= 15 is 0 Å². The molecule has 0 aromatic heterocycles. The van der Waals surface area contributed by atoms with Crippen LogP contribution in [0.15, 0.2) is 59.5 Å². The van der Waals surface area contributed by atoms with Gasteiger partial charge >= 0.3 is 0 Å². The Kier molecular flexibility index (Phi) is 5.27. The van der Waals surface area contributed by atoms with Gasteiger partial charge in [-0.3, -0.25) is 4.79 Å². The number of hydrogen-bond donors (Lipinski definition) is 1. The molecule has 20 heavy (non-hydrogen) atoms. The minimum Gasteiger partial charge on any atom is -0.322 e. The van der Waals surface area contributed by atoms with E-state index in [-0.39, 0.29) is 5.91 Å². The van der Waals surface area contributed by atoms with Crippen LogP contribution in [-0.4, -0.2) is 12.2 Å². The summed E-state index contributed by atoms with van der Waals surface area (Å²) in [5.41, 5.74) is 1.73. The Hall–Kier alpha value is -1.71. The van der Waals surface area contributed by atoms with Crippen LogP contribution in [0.4, 0.5) is 5.69 Å². The minimum absolute atomic E-state index is 0.154. The highest BCUT2D eigenvalue weighted by Gasteiger charge is 1.99. The number of rotatable bonds is 4. The third-order valence-electron chi connectivity index (χ3n) is 2.63. The molecule has 1 amide bonds. The summed E-state index contributed by atoms with van der Waals surface area (Å²) in [4.78, 5) is 12.9. The van der Waals surface area contributed by atoms with E-state index in [4.69, 9.17) is 11.6 Å². The molecular weight excluding hydrogens is 290 g/mol. The smallest absolute Gasteiger partial charge is 0.248 e. The average Bonchev–Trinajstić information content (AvgIpc) is 2.47. The molecule has 0 bridgehead atoms. The first-order valence-electron chi connectivity index (χ1n) is 6.06. The van der Waals surface area contributed by atoms with Gasteiger partial charge in [0.1, 0.15) is 0 Å². The first kappa shape index (κ1) is 14.7. The number of halogens is 1. The first-order valence-corrected chi connectivity index (χ1v) is 7.66. The summed E-state index contributed by atoms with van der Waals surface area (Å²) in [6.07, 6.45) is 5.26. The summed E-state index contributed by atoms with van der Waals surface area (Å²) in [6.45, 7) is 0. The lowest BCUT2D eigenvalue weighted by Gasteiger charge is -2.03. The molecule has 2 rings (SSSR count). The van der Waals surface area contributed by atoms with Crippen molar-refractivity contribution in [3.63, 3.8) is 0 Å². The zero-order valence-electron chi connectivity index (χ0n) is 11.0. The van der Waals surface area contributed by atoms with Crippen LogP contribution in [0.1, 0.15) is 5.56 Å². The van der Waals surface area contributed by atoms with Gasteiger partial charge in [-0.1, -0.05) is 29.8 Å². The second-order valence-corrected chi connectivity index (χ2v) is 5.42. The Balaban J connectivity index is 1.99. The highest BCUT2D eigenvalue weighted by molar-refractivity contribution is 7.98. The number of carbonyl (C=O) groups excluding carboxylic acids is 1. The number of nitrogens with one attached hydrogen (secondary N) is 1. The molecule has 102 valence electrons. The molecule has 2 nitrogen and oxygen atoms in total. The molecule has 2 aromatic carbocycles. The van der Waals surface area contributed by atoms with Crippen LogP contribution in [0, 0.1) is 0 Å². The van der Waals surface area contributed by atoms with Crippen molar-refractivity contribution in [1.82, 2.24) is 0 Å². The van der Waals surface area contributed by atoms with Crippen LogP contribution >= 0.6 is 23.4 Å². The molecule has 0 spiro atoms. The molecule has 2 aromatic rings. The minimum atomic E-state index is -0.154. The fraction of sp³-hybridized carbons (Fsp3) is 0.0625. The summed E-state index contributed by atoms with van der Waals surface area (Å²) < 4.78 is 0. The Bertz CT molecular complexity index is 623. The van der Waals surface area contributed by atoms with E-state index in [1.165, 1.54) is 6.08 Å². The van der Waals surface area contributed by atoms with Gasteiger partial charge < -0.3 is 5.32 Å². The predicted molar refractivity (Wildman–Crippen MR) is 87.3 cm³/mol. The Morgan fingerprint density at radius 1 is 1.20 bits per heavy atom. The molecule has 0 aliphatic carbocycles. The van der Waals surface area contributed by atoms with Gasteiger partial charge in [-0.15, -0.1) is 11.8 Å². The highest BCUT2D eigenvalue weighted by Crippen LogP contribution is 2.19. The van der Waals surface area contributed by atoms with Crippen molar-refractivity contribution in [2.75, 3.05) is 11.6 Å². The van der Waals surface area contributed by atoms with Crippen molar-refractivity contribution in [3.05, 3.63) is 65.2 Å². The van der Waals surface area contributed by atoms with Crippen LogP contribution < -0.4 is 5.32 Å². The SMILES string of the molecule is CSc1cccc(NC(=O)C=Cc2ccc(Cl)cc2)c1. The molecule has 0 fully saturated rings. The standard InChI is InChI=1S/C16H14ClNOS/c1-20-15-4-2-3-14(11-15)18-16(19)10-7-12-5-8-13(17)9-6-12/h2-11H,1H3,(H,18,19). The van der Waals surface area contributed by atoms with Crippen LogP contribution in [0.3, 0.4) is 0 Å². The predicted octanol–water partition coefficient (Wildman–Crippen LogP) is 4.71. The van der Waals surface area contributed by atoms with E-state index in [1.807, 2.05) is 42.7 Å². The van der Waals surface area contributed by atoms with Gasteiger partial charge in [0.05, 0.1) is 0 Å². The highest BCUT2D eigenvalue weighted by atomic mass is 35.5. The molecule has 0 atom stereocenters. The molecule has 0 radical (unpaired) electrons. The maximum Gasteiger partial charge on any atom is 0.248 e. The number of benzene rings is 2. The second-order valence-electron chi connectivity index (χ2n) is 4.11. The lowest BCUT2D eigenvalue weighted by molar-refractivity contribution is -0.111. The molecule has 0 aliphatic heterocycles. The molecule has 0 saturated carbocycles. The topological polar surface area (TPSA) is 29.1 Å². The van der Waals surface area contributed by atoms with E-state index in [0.717, 1.165) is 16.1 Å². The number of thioether (sulfide) groups is 1. The summed E-state index contributed by atoms with van der Waals surface area (Å²) in [7, 11) is 0. The van der Waals surface area contributed by atoms with E-state index in [0.29, 0.717) is 5.02 Å². The van der Waals surface area contributed by atoms with E-state index in [2.05, 4.69) is 5.32 Å². The van der Waals surface area contributed by atoms with Gasteiger partial charge in [-0.2, -0.15) is 0 Å². The van der Waals surface area contributed by atoms with Crippen molar-refractivity contribution >= 4 is 41.0 Å². The zero-order valence-corrected chi connectivity index (χ0v) is 12.5. The van der Waals surface area contributed by atoms with Crippen LogP contribution in [0.2, 0.25) is 5.02 Å². The third kappa shape index (κ3) is 4.44. The lowest BCUT2D eigenvalue weighted by Crippen LogP contribution is -2.07. The van der Waals surface area contributed by atoms with Gasteiger partial charge in [-0.25, -0.2) is 0 Å². The lowest BCUT2D eigenvalue weighted by atomic mass is 10.2. The van der Waals surface area contributed by atoms with E-state index in [9.17, 15) is 4.79 Å². The summed E-state index contributed by atoms with van der Waals surface area (Å²) in [6, 6.07) is 15.0. The van der Waals surface area contributed by atoms with Gasteiger partial charge in [0.15, 0.2) is 0 Å². The zero-order chi connectivity index (χ0) is 14.4. The van der Waals surface area contributed by atoms with Crippen molar-refractivity contribution in [2.45, 2.75) is 4.90 Å². The fourth-order valence-electron chi connectivity index (χ4n) is 1.63. The molecule has 0 saturated heterocycles. The summed E-state index contributed by atoms with van der Waals surface area (Å²) in [5, 5.41) is 3.51. The van der Waals surface area contributed by atoms with Crippen molar-refractivity contribution < 1.29 is 4.79 Å². The first-order chi connectivity index (χ1) is 9.67. The van der Waals surface area contributed by atoms with Gasteiger partial charge in [0.25, 0.3) is 0 Å². The largest absolute Gasteiger partial charge is 0.322 e. The fourth-order valence-corrected chi connectivity index (χ4v) is 2.22. The number of anilines is 1. The van der Waals surface area contributed by atoms with Gasteiger partial charge in [-0.05, 0) is 48.2 Å². The van der Waals surface area contributed by atoms with E-state index < -0.39 is 0 Å². The Labute approximate surface area is 127 Å². The molecular formula is C16H14ClNOS. The third-order valence-corrected chi connectivity index (χ3v) is 3.61. The van der Waals surface area contributed by atoms with Gasteiger partial charge in [0, 0.05) is 21.7 Å². The van der Waals surface area contributed by atoms with Crippen LogP contribution in [0.25, 0.3) is 6.08 Å². The van der Waals surface area contributed by atoms with Crippen molar-refractivity contribution in [3.8, 4) is 0 Å². The number of carbonyl (C=O) groups is 1. The average molecular weight is 304 g/mol. The van der Waals surface area contributed by atoms with Crippen LogP contribution in [0.5, 0.6) is 0 Å². The second kappa shape index (κ2) is 7.17. The monoisotopic (exact) mass is 303 g/mol. The van der Waals surface area contributed by atoms with E-state index in [1.54, 1.807) is 30.0 Å². The molecule has 1 N–H and O–H groups in total. The van der Waals surface area contributed by atoms with Crippen molar-refractivity contribution in [2.24, 2.45) is 0 Å². The van der Waals surface area contributed by atoms with Crippen LogP contribution in [-0.2, 0) is 4.79 Å². The Morgan fingerprint density at radius 2 is 1.95 bits per heavy atom. The maximum atomic E-state index is 11.8. The maximum absolute atomic E-state index is 11.8. The molecule has 4 heteroatoms. The van der Waals surface area contributed by atoms with Crippen molar-refractivity contribution in [1.29, 1.82) is 0 Å². The molecule has 0 aliphatic rings. The normalized spacial score (nSPS) is 10.7. The molecule has 0 unspecified atom stereocenters. The summed E-state index contributed by atoms with van der Waals surface area (Å²) >= 11 is 7.44. The number of hydrogen-bond acceptors (Lipinski definition) is 2. The summed E-state index contributed by atoms with van der Waals surface area (Å²) in [5.74, 6) is -0.154. The van der Waals surface area contributed by atoms with Gasteiger partial charge in [0.2, 0.25) is 5.91 Å². The molecule has 0 heterocycles.